The quantitative estimate of drug-likeness (QED) is 0.0127. The molecule has 0 spiro atoms. The Morgan fingerprint density at radius 3 is 1.46 bits per heavy atom. The van der Waals surface area contributed by atoms with Crippen LogP contribution < -0.4 is 75.1 Å². The number of nitrogens with zero attached hydrogens (tertiary/aromatic N) is 6. The number of carbonyl (C=O) groups excluding carboxylic acids is 8. The maximum Gasteiger partial charge on any atom is 3.00 e. The van der Waals surface area contributed by atoms with Crippen LogP contribution in [0.1, 0.15) is 114 Å². The van der Waals surface area contributed by atoms with E-state index >= 15 is 0 Å². The molecule has 3 heterocycles. The number of rotatable bonds is 50. The number of fused-ring (bicyclic) bond motifs is 2. The fourth-order valence-electron chi connectivity index (χ4n) is 12.4. The van der Waals surface area contributed by atoms with Crippen molar-refractivity contribution in [2.24, 2.45) is 22.4 Å². The summed E-state index contributed by atoms with van der Waals surface area (Å²) in [6.07, 6.45) is -6.87. The van der Waals surface area contributed by atoms with Gasteiger partial charge in [0, 0.05) is 97.8 Å². The molecule has 2 aliphatic heterocycles. The average Bonchev–Trinajstić information content (AvgIpc) is 1.72. The molecule has 1 aromatic heterocycles. The summed E-state index contributed by atoms with van der Waals surface area (Å²) < 4.78 is 0. The van der Waals surface area contributed by atoms with E-state index in [-0.39, 0.29) is 211 Å². The third-order valence-corrected chi connectivity index (χ3v) is 18.3. The number of guanidine groups is 1. The number of anilines is 2. The summed E-state index contributed by atoms with van der Waals surface area (Å²) >= 11 is 0. The van der Waals surface area contributed by atoms with E-state index < -0.39 is 213 Å². The minimum atomic E-state index is -1.88. The number of aromatic nitrogens is 1. The first-order chi connectivity index (χ1) is 53.0. The van der Waals surface area contributed by atoms with Crippen molar-refractivity contribution in [3.63, 3.8) is 0 Å². The first-order valence-corrected chi connectivity index (χ1v) is 36.5. The van der Waals surface area contributed by atoms with Crippen molar-refractivity contribution in [2.75, 3.05) is 109 Å². The third-order valence-electron chi connectivity index (χ3n) is 18.3. The number of carboxylic acids is 5. The molecule has 6 unspecified atom stereocenters. The van der Waals surface area contributed by atoms with Gasteiger partial charge in [0.05, 0.1) is 69.1 Å². The Morgan fingerprint density at radius 2 is 1.01 bits per heavy atom. The van der Waals surface area contributed by atoms with E-state index in [1.807, 2.05) is 0 Å². The molecule has 631 valence electrons. The van der Waals surface area contributed by atoms with Gasteiger partial charge in [-0.25, -0.2) is 4.79 Å². The van der Waals surface area contributed by atoms with E-state index in [1.165, 1.54) is 19.6 Å². The van der Waals surface area contributed by atoms with Gasteiger partial charge in [0.15, 0.2) is 5.96 Å². The largest absolute Gasteiger partial charge is 3.00 e. The topological polar surface area (TPSA) is 697 Å². The number of amides is 8. The molecule has 44 nitrogen and oxygen atoms in total. The zero-order valence-corrected chi connectivity index (χ0v) is 65.0. The van der Waals surface area contributed by atoms with Crippen LogP contribution in [0.5, 0.6) is 0 Å². The van der Waals surface area contributed by atoms with Crippen molar-refractivity contribution in [1.82, 2.24) is 62.2 Å². The predicted octanol–water partition coefficient (Wildman–Crippen LogP) is -9.57. The van der Waals surface area contributed by atoms with Gasteiger partial charge in [0.1, 0.15) is 59.7 Å². The standard InChI is InChI=1S/C68H107N17O27.Gd/c1-36(2)22-44(60(101)81-46(35-89)62(103)79-43(64(105)106)7-4-16-72-68(69)70)80-61(102)45(25-55(97)98)78-54(96)29-76-63(104)47-8-5-17-85(47)57-56(58(99)59(57)100)71-15-3-6-37-23-38-30-83(49(66(109)110)10-13-52(94)74-27-41(91)33-87)20-18-82(48(65(107)108)9-12-51(93)73-26-40(90)32-86)19-21-84(31-39(24-37)77-38)50(67(111)112)11-14-53(95)75-28-42(92)34-88;/h23-24,36,40-50,71,86-92H,3-22,25-35H2,1-2H3,(H,73,93)(H,74,94)(H,75,95)(H,76,104)(H,78,96)(H,79,103)(H,80,102)(H,81,101)(H,97,98)(H,105,106)(H,107,108)(H,109,110)(H,111,112)(H4,69,70,72);/q;+3/t40?,41?,42?,43-,44-,45-,46-,47-,48?,49?,50?;/m0./s1. The number of aliphatic hydroxyl groups excluding tert-OH is 7. The number of aliphatic imine (C=N–C) groups is 1. The normalized spacial score (nSPS) is 16.9. The SMILES string of the molecule is CC(C)C[C@H](NC(=O)[C@H](CC(=O)O)NC(=O)CNC(=O)[C@@H]1CCCN1c1c(NCCCc2cc3nc(c2)CN(C(CCC(=O)NCC(O)CO)C(=O)O)CCN(C(CCC(=O)NCC(O)CO)C(=O)O)CCN(C(CCC(=O)NCC(O)CO)C(=O)O)C3)c(=O)c1=O)C(=O)N[C@@H](CO)C(=O)N[C@@H](CCCN=C(N)N)C(=O)O.[Gd+3]. The molecule has 2 aromatic rings. The molecule has 113 heavy (non-hydrogen) atoms. The molecule has 1 aromatic carbocycles. The fraction of sp³-hybridized carbons (Fsp3) is 0.662. The fourth-order valence-corrected chi connectivity index (χ4v) is 12.4. The number of aliphatic hydroxyl groups is 7. The third kappa shape index (κ3) is 34.0. The van der Waals surface area contributed by atoms with Crippen LogP contribution in [-0.2, 0) is 81.8 Å². The number of nitrogens with one attached hydrogen (secondary N) is 9. The number of aryl methyl sites for hydroxylation is 1. The van der Waals surface area contributed by atoms with Gasteiger partial charge in [0.25, 0.3) is 10.9 Å². The summed E-state index contributed by atoms with van der Waals surface area (Å²) in [6.45, 7) is -3.43. The maximum atomic E-state index is 13.9. The van der Waals surface area contributed by atoms with E-state index in [0.29, 0.717) is 12.0 Å². The molecule has 1 saturated heterocycles. The number of pyridine rings is 1. The van der Waals surface area contributed by atoms with E-state index in [9.17, 15) is 133 Å². The number of carbonyl (C=O) groups is 13. The molecule has 45 heteroatoms. The van der Waals surface area contributed by atoms with Crippen molar-refractivity contribution in [3.8, 4) is 0 Å². The number of carboxylic acid groups (broad SMARTS) is 5. The van der Waals surface area contributed by atoms with Gasteiger partial charge in [-0.05, 0) is 87.8 Å². The van der Waals surface area contributed by atoms with Gasteiger partial charge in [-0.2, -0.15) is 0 Å². The monoisotopic (exact) mass is 1750 g/mol. The van der Waals surface area contributed by atoms with Crippen LogP contribution in [0.3, 0.4) is 0 Å². The van der Waals surface area contributed by atoms with Crippen LogP contribution >= 0.6 is 0 Å². The summed E-state index contributed by atoms with van der Waals surface area (Å²) in [5, 5.41) is 141. The molecule has 8 amide bonds. The van der Waals surface area contributed by atoms with Crippen molar-refractivity contribution in [3.05, 3.63) is 49.5 Å². The van der Waals surface area contributed by atoms with Crippen LogP contribution in [0, 0.1) is 45.9 Å². The second-order valence-electron chi connectivity index (χ2n) is 27.5. The molecule has 25 N–H and O–H groups in total. The summed E-state index contributed by atoms with van der Waals surface area (Å²) in [7, 11) is 0. The predicted molar refractivity (Wildman–Crippen MR) is 393 cm³/mol. The molecule has 11 atom stereocenters. The van der Waals surface area contributed by atoms with Crippen molar-refractivity contribution in [2.45, 2.75) is 183 Å². The molecule has 1 radical (unpaired) electrons. The van der Waals surface area contributed by atoms with E-state index in [2.05, 4.69) is 52.8 Å². The Kier molecular flexibility index (Phi) is 43.8. The first kappa shape index (κ1) is 98.3. The summed E-state index contributed by atoms with van der Waals surface area (Å²) in [5.41, 5.74) is 9.28. The minimum Gasteiger partial charge on any atom is -0.481 e. The molecule has 0 saturated carbocycles. The van der Waals surface area contributed by atoms with Crippen LogP contribution in [-0.4, -0.2) is 329 Å². The van der Waals surface area contributed by atoms with Crippen molar-refractivity contribution < 1.29 is 164 Å². The van der Waals surface area contributed by atoms with Crippen LogP contribution in [0.2, 0.25) is 0 Å². The first-order valence-electron chi connectivity index (χ1n) is 36.5. The Morgan fingerprint density at radius 1 is 0.549 bits per heavy atom. The number of aliphatic carboxylic acids is 5. The molecular weight excluding hydrogens is 1640 g/mol. The summed E-state index contributed by atoms with van der Waals surface area (Å²) in [5.74, 6) is -15.3. The van der Waals surface area contributed by atoms with Crippen LogP contribution in [0.25, 0.3) is 0 Å². The molecule has 0 aliphatic carbocycles. The van der Waals surface area contributed by atoms with Crippen molar-refractivity contribution >= 4 is 94.4 Å². The average molecular weight is 1750 g/mol. The van der Waals surface area contributed by atoms with Gasteiger partial charge in [-0.15, -0.1) is 0 Å². The van der Waals surface area contributed by atoms with Crippen molar-refractivity contribution in [1.29, 1.82) is 0 Å². The van der Waals surface area contributed by atoms with E-state index in [0.717, 1.165) is 0 Å². The Balaban J connectivity index is 0.0000331. The molecular formula is C68H107GdN17O27+3. The maximum absolute atomic E-state index is 13.9. The molecule has 2 bridgehead atoms. The van der Waals surface area contributed by atoms with Gasteiger partial charge < -0.3 is 125 Å². The van der Waals surface area contributed by atoms with E-state index in [4.69, 9.17) is 16.5 Å². The Hall–Kier alpha value is -8.87. The second kappa shape index (κ2) is 50.4. The molecule has 1 fully saturated rings. The zero-order chi connectivity index (χ0) is 83.5. The van der Waals surface area contributed by atoms with Gasteiger partial charge in [-0.3, -0.25) is 91.8 Å². The Labute approximate surface area is 680 Å². The number of hydrogen-bond acceptors (Lipinski definition) is 29. The van der Waals surface area contributed by atoms with Gasteiger partial charge >= 0.3 is 69.8 Å². The second-order valence-corrected chi connectivity index (χ2v) is 27.5. The van der Waals surface area contributed by atoms with Gasteiger partial charge in [0.2, 0.25) is 47.3 Å². The summed E-state index contributed by atoms with van der Waals surface area (Å²) in [6, 6.07) is -9.10. The van der Waals surface area contributed by atoms with Crippen LogP contribution in [0.15, 0.2) is 26.7 Å². The van der Waals surface area contributed by atoms with Gasteiger partial charge in [-0.1, -0.05) is 13.8 Å². The van der Waals surface area contributed by atoms with Crippen LogP contribution in [0.4, 0.5) is 11.4 Å². The smallest absolute Gasteiger partial charge is 0.481 e. The zero-order valence-electron chi connectivity index (χ0n) is 62.7. The summed E-state index contributed by atoms with van der Waals surface area (Å²) in [4.78, 5) is 212. The number of nitrogens with two attached hydrogens (primary N) is 2. The Bertz CT molecular complexity index is 3560. The molecule has 2 aliphatic rings. The minimum absolute atomic E-state index is 0. The molecule has 4 rings (SSSR count). The number of hydrogen-bond donors (Lipinski definition) is 23. The van der Waals surface area contributed by atoms with E-state index in [1.54, 1.807) is 26.0 Å².